The first-order chi connectivity index (χ1) is 2.50. The van der Waals surface area contributed by atoms with Crippen molar-refractivity contribution in [3.8, 4) is 0 Å². The van der Waals surface area contributed by atoms with Crippen LogP contribution in [0.3, 0.4) is 0 Å². The summed E-state index contributed by atoms with van der Waals surface area (Å²) in [5.41, 5.74) is 0. The summed E-state index contributed by atoms with van der Waals surface area (Å²) in [6.45, 7) is 2.50. The van der Waals surface area contributed by atoms with Gasteiger partial charge in [0.1, 0.15) is 0 Å². The third-order valence-corrected chi connectivity index (χ3v) is 0.957. The Balaban J connectivity index is 0.000000250. The van der Waals surface area contributed by atoms with Gasteiger partial charge in [-0.3, -0.25) is 0 Å². The van der Waals surface area contributed by atoms with Crippen molar-refractivity contribution in [2.75, 3.05) is 13.1 Å². The monoisotopic (exact) mass is 79.1 g/mol. The summed E-state index contributed by atoms with van der Waals surface area (Å²) in [6.07, 6.45) is 2.78. The predicted molar refractivity (Wildman–Crippen MR) is 29.3 cm³/mol. The van der Waals surface area contributed by atoms with E-state index in [1.54, 1.807) is 0 Å². The fourth-order valence-corrected chi connectivity index (χ4v) is 0.625. The van der Waals surface area contributed by atoms with Crippen molar-refractivity contribution >= 4 is 18.9 Å². The Hall–Kier alpha value is 0.557. The van der Waals surface area contributed by atoms with Gasteiger partial charge >= 0.3 is 18.9 Å². The van der Waals surface area contributed by atoms with Gasteiger partial charge in [0.05, 0.1) is 0 Å². The Morgan fingerprint density at radius 3 is 1.67 bits per heavy atom. The average molecular weight is 79.1 g/mol. The van der Waals surface area contributed by atoms with Crippen LogP contribution < -0.4 is 5.32 Å². The van der Waals surface area contributed by atoms with Crippen molar-refractivity contribution in [3.05, 3.63) is 0 Å². The SMILES string of the molecule is C1CCNC1.[LiH]. The van der Waals surface area contributed by atoms with Gasteiger partial charge in [0.2, 0.25) is 0 Å². The second-order valence-electron chi connectivity index (χ2n) is 1.46. The number of rotatable bonds is 0. The molecule has 0 bridgehead atoms. The minimum atomic E-state index is 0. The molecule has 0 atom stereocenters. The Labute approximate surface area is 50.7 Å². The zero-order valence-corrected chi connectivity index (χ0v) is 3.33. The Bertz CT molecular complexity index is 19.1. The predicted octanol–water partition coefficient (Wildman–Crippen LogP) is -0.279. The molecule has 6 heavy (non-hydrogen) atoms. The molecule has 1 aliphatic heterocycles. The van der Waals surface area contributed by atoms with Crippen molar-refractivity contribution in [2.24, 2.45) is 0 Å². The van der Waals surface area contributed by atoms with E-state index in [0.717, 1.165) is 0 Å². The van der Waals surface area contributed by atoms with Crippen LogP contribution in [0.25, 0.3) is 0 Å². The molecule has 0 amide bonds. The van der Waals surface area contributed by atoms with Gasteiger partial charge in [0.25, 0.3) is 0 Å². The molecule has 32 valence electrons. The number of hydrogen-bond acceptors (Lipinski definition) is 1. The topological polar surface area (TPSA) is 12.0 Å². The van der Waals surface area contributed by atoms with Gasteiger partial charge in [-0.2, -0.15) is 0 Å². The zero-order chi connectivity index (χ0) is 3.54. The van der Waals surface area contributed by atoms with E-state index in [-0.39, 0.29) is 18.9 Å². The molecule has 1 nitrogen and oxygen atoms in total. The first-order valence-corrected chi connectivity index (χ1v) is 2.21. The molecule has 2 heteroatoms. The molecule has 1 rings (SSSR count). The van der Waals surface area contributed by atoms with E-state index in [1.165, 1.54) is 25.9 Å². The quantitative estimate of drug-likeness (QED) is 0.394. The molecule has 1 heterocycles. The summed E-state index contributed by atoms with van der Waals surface area (Å²) >= 11 is 0. The zero-order valence-electron chi connectivity index (χ0n) is 3.33. The van der Waals surface area contributed by atoms with Crippen molar-refractivity contribution < 1.29 is 0 Å². The van der Waals surface area contributed by atoms with Gasteiger partial charge in [0, 0.05) is 0 Å². The molecular formula is C4H10LiN. The maximum absolute atomic E-state index is 3.22. The van der Waals surface area contributed by atoms with Gasteiger partial charge in [-0.1, -0.05) is 0 Å². The van der Waals surface area contributed by atoms with Crippen LogP contribution >= 0.6 is 0 Å². The van der Waals surface area contributed by atoms with E-state index in [2.05, 4.69) is 5.32 Å². The summed E-state index contributed by atoms with van der Waals surface area (Å²) in [4.78, 5) is 0. The van der Waals surface area contributed by atoms with E-state index >= 15 is 0 Å². The van der Waals surface area contributed by atoms with Crippen LogP contribution in [0.4, 0.5) is 0 Å². The molecule has 0 aromatic carbocycles. The Kier molecular flexibility index (Phi) is 4.08. The van der Waals surface area contributed by atoms with Crippen LogP contribution in [-0.4, -0.2) is 32.0 Å². The van der Waals surface area contributed by atoms with Crippen LogP contribution in [0.1, 0.15) is 12.8 Å². The van der Waals surface area contributed by atoms with Gasteiger partial charge in [0.15, 0.2) is 0 Å². The van der Waals surface area contributed by atoms with Gasteiger partial charge in [-0.25, -0.2) is 0 Å². The van der Waals surface area contributed by atoms with Crippen molar-refractivity contribution in [2.45, 2.75) is 12.8 Å². The van der Waals surface area contributed by atoms with E-state index in [9.17, 15) is 0 Å². The van der Waals surface area contributed by atoms with Crippen LogP contribution in [-0.2, 0) is 0 Å². The standard InChI is InChI=1S/C4H9N.Li.H/c1-2-4-5-3-1;;/h5H,1-4H2;;. The summed E-state index contributed by atoms with van der Waals surface area (Å²) < 4.78 is 0. The Morgan fingerprint density at radius 2 is 1.50 bits per heavy atom. The van der Waals surface area contributed by atoms with Gasteiger partial charge < -0.3 is 5.32 Å². The molecule has 1 fully saturated rings. The van der Waals surface area contributed by atoms with Crippen LogP contribution in [0.2, 0.25) is 0 Å². The summed E-state index contributed by atoms with van der Waals surface area (Å²) in [5.74, 6) is 0. The second-order valence-corrected chi connectivity index (χ2v) is 1.46. The molecule has 0 aromatic heterocycles. The van der Waals surface area contributed by atoms with E-state index < -0.39 is 0 Å². The van der Waals surface area contributed by atoms with Gasteiger partial charge in [-0.15, -0.1) is 0 Å². The van der Waals surface area contributed by atoms with E-state index in [1.807, 2.05) is 0 Å². The Morgan fingerprint density at radius 1 is 1.00 bits per heavy atom. The molecule has 1 aliphatic rings. The van der Waals surface area contributed by atoms with Crippen molar-refractivity contribution in [1.82, 2.24) is 5.32 Å². The third-order valence-electron chi connectivity index (χ3n) is 0.957. The average Bonchev–Trinajstić information content (AvgIpc) is 1.76. The molecule has 1 saturated heterocycles. The normalized spacial score (nSPS) is 20.0. The molecular weight excluding hydrogens is 69.0 g/mol. The number of hydrogen-bond donors (Lipinski definition) is 1. The van der Waals surface area contributed by atoms with Crippen LogP contribution in [0.5, 0.6) is 0 Å². The fourth-order valence-electron chi connectivity index (χ4n) is 0.625. The van der Waals surface area contributed by atoms with Crippen molar-refractivity contribution in [3.63, 3.8) is 0 Å². The van der Waals surface area contributed by atoms with E-state index in [0.29, 0.717) is 0 Å². The summed E-state index contributed by atoms with van der Waals surface area (Å²) in [6, 6.07) is 0. The van der Waals surface area contributed by atoms with Crippen LogP contribution in [0.15, 0.2) is 0 Å². The number of nitrogens with one attached hydrogen (secondary N) is 1. The summed E-state index contributed by atoms with van der Waals surface area (Å²) in [5, 5.41) is 3.22. The molecule has 0 spiro atoms. The minimum absolute atomic E-state index is 0. The molecule has 0 aliphatic carbocycles. The molecule has 0 radical (unpaired) electrons. The third kappa shape index (κ3) is 1.87. The first-order valence-electron chi connectivity index (χ1n) is 2.21. The van der Waals surface area contributed by atoms with E-state index in [4.69, 9.17) is 0 Å². The molecule has 1 N–H and O–H groups in total. The fraction of sp³-hybridized carbons (Fsp3) is 1.00. The van der Waals surface area contributed by atoms with Crippen molar-refractivity contribution in [1.29, 1.82) is 0 Å². The van der Waals surface area contributed by atoms with Gasteiger partial charge in [-0.05, 0) is 25.9 Å². The molecule has 0 aromatic rings. The maximum atomic E-state index is 3.22. The van der Waals surface area contributed by atoms with Crippen LogP contribution in [0, 0.1) is 0 Å². The second kappa shape index (κ2) is 3.74. The summed E-state index contributed by atoms with van der Waals surface area (Å²) in [7, 11) is 0. The molecule has 0 unspecified atom stereocenters. The molecule has 0 saturated carbocycles. The first kappa shape index (κ1) is 6.56.